The summed E-state index contributed by atoms with van der Waals surface area (Å²) in [5.74, 6) is -0.882. The number of carbonyl (C=O) groups is 3. The van der Waals surface area contributed by atoms with Gasteiger partial charge >= 0.3 is 0 Å². The van der Waals surface area contributed by atoms with Crippen LogP contribution in [0, 0.1) is 10.1 Å². The maximum absolute atomic E-state index is 12.9. The number of non-ortho nitro benzene ring substituents is 1. The van der Waals surface area contributed by atoms with Crippen molar-refractivity contribution >= 4 is 52.0 Å². The fourth-order valence-electron chi connectivity index (χ4n) is 3.72. The smallest absolute Gasteiger partial charge is 0.294 e. The van der Waals surface area contributed by atoms with Crippen LogP contribution in [0.3, 0.4) is 0 Å². The van der Waals surface area contributed by atoms with Gasteiger partial charge in [-0.25, -0.2) is 0 Å². The second-order valence-corrected chi connectivity index (χ2v) is 8.61. The van der Waals surface area contributed by atoms with E-state index in [2.05, 4.69) is 10.2 Å². The van der Waals surface area contributed by atoms with Crippen molar-refractivity contribution in [1.29, 1.82) is 0 Å². The van der Waals surface area contributed by atoms with E-state index in [0.29, 0.717) is 49.5 Å². The Balaban J connectivity index is 1.49. The molecule has 2 aromatic carbocycles. The molecular weight excluding hydrogens is 476 g/mol. The van der Waals surface area contributed by atoms with E-state index >= 15 is 0 Å². The molecule has 0 bridgehead atoms. The first-order chi connectivity index (χ1) is 16.9. The predicted octanol–water partition coefficient (Wildman–Crippen LogP) is 3.12. The van der Waals surface area contributed by atoms with E-state index in [1.54, 1.807) is 12.1 Å². The number of ether oxygens (including phenoxy) is 2. The molecule has 2 aliphatic rings. The number of anilines is 2. The Morgan fingerprint density at radius 2 is 1.97 bits per heavy atom. The van der Waals surface area contributed by atoms with Crippen molar-refractivity contribution in [3.63, 3.8) is 0 Å². The monoisotopic (exact) mass is 498 g/mol. The molecule has 35 heavy (non-hydrogen) atoms. The Hall–Kier alpha value is -3.90. The van der Waals surface area contributed by atoms with Crippen molar-refractivity contribution in [2.75, 3.05) is 50.2 Å². The largest absolute Gasteiger partial charge is 0.496 e. The highest BCUT2D eigenvalue weighted by Gasteiger charge is 2.36. The number of rotatable bonds is 7. The van der Waals surface area contributed by atoms with E-state index in [1.807, 2.05) is 12.1 Å². The molecule has 4 rings (SSSR count). The lowest BCUT2D eigenvalue weighted by Crippen LogP contribution is -2.38. The van der Waals surface area contributed by atoms with Crippen molar-refractivity contribution in [2.24, 2.45) is 0 Å². The molecular formula is C23H22N4O7S. The molecule has 182 valence electrons. The Morgan fingerprint density at radius 3 is 2.69 bits per heavy atom. The SMILES string of the molecule is COc1ccc([N+](=O)[O-])cc1/C=C1/SC(=O)N(CC(=O)Nc2ccccc2N2CCOCC2)C1=O. The topological polar surface area (TPSA) is 131 Å². The Morgan fingerprint density at radius 1 is 1.23 bits per heavy atom. The van der Waals surface area contributed by atoms with E-state index in [9.17, 15) is 24.5 Å². The van der Waals surface area contributed by atoms with Crippen LogP contribution in [0.4, 0.5) is 21.9 Å². The van der Waals surface area contributed by atoms with E-state index in [4.69, 9.17) is 9.47 Å². The van der Waals surface area contributed by atoms with Gasteiger partial charge in [-0.15, -0.1) is 0 Å². The van der Waals surface area contributed by atoms with Gasteiger partial charge in [0.2, 0.25) is 5.91 Å². The van der Waals surface area contributed by atoms with Crippen molar-refractivity contribution in [3.8, 4) is 5.75 Å². The fraction of sp³-hybridized carbons (Fsp3) is 0.261. The number of methoxy groups -OCH3 is 1. The molecule has 0 spiro atoms. The van der Waals surface area contributed by atoms with Crippen LogP contribution in [0.25, 0.3) is 6.08 Å². The lowest BCUT2D eigenvalue weighted by Gasteiger charge is -2.30. The van der Waals surface area contributed by atoms with Gasteiger partial charge in [0.15, 0.2) is 0 Å². The molecule has 0 aromatic heterocycles. The van der Waals surface area contributed by atoms with Gasteiger partial charge < -0.3 is 19.7 Å². The van der Waals surface area contributed by atoms with Crippen LogP contribution in [0.15, 0.2) is 47.4 Å². The summed E-state index contributed by atoms with van der Waals surface area (Å²) in [5.41, 5.74) is 1.49. The van der Waals surface area contributed by atoms with Crippen LogP contribution in [0.1, 0.15) is 5.56 Å². The second-order valence-electron chi connectivity index (χ2n) is 7.62. The quantitative estimate of drug-likeness (QED) is 0.347. The summed E-state index contributed by atoms with van der Waals surface area (Å²) in [7, 11) is 1.39. The summed E-state index contributed by atoms with van der Waals surface area (Å²) in [6, 6.07) is 11.2. The maximum atomic E-state index is 12.9. The van der Waals surface area contributed by atoms with Crippen molar-refractivity contribution in [3.05, 3.63) is 63.0 Å². The first-order valence-electron chi connectivity index (χ1n) is 10.7. The molecule has 0 unspecified atom stereocenters. The fourth-order valence-corrected chi connectivity index (χ4v) is 4.55. The molecule has 0 atom stereocenters. The number of carbonyl (C=O) groups excluding carboxylic acids is 3. The number of imide groups is 1. The van der Waals surface area contributed by atoms with Gasteiger partial charge in [-0.3, -0.25) is 29.4 Å². The highest BCUT2D eigenvalue weighted by atomic mass is 32.2. The van der Waals surface area contributed by atoms with Gasteiger partial charge in [-0.2, -0.15) is 0 Å². The number of nitrogens with one attached hydrogen (secondary N) is 1. The predicted molar refractivity (Wildman–Crippen MR) is 130 cm³/mol. The highest BCUT2D eigenvalue weighted by Crippen LogP contribution is 2.35. The van der Waals surface area contributed by atoms with Crippen molar-refractivity contribution < 1.29 is 28.8 Å². The number of nitro benzene ring substituents is 1. The minimum absolute atomic E-state index is 0.0373. The average molecular weight is 499 g/mol. The number of benzene rings is 2. The molecule has 1 N–H and O–H groups in total. The van der Waals surface area contributed by atoms with Crippen molar-refractivity contribution in [2.45, 2.75) is 0 Å². The van der Waals surface area contributed by atoms with Crippen LogP contribution in [0.5, 0.6) is 5.75 Å². The lowest BCUT2D eigenvalue weighted by molar-refractivity contribution is -0.384. The van der Waals surface area contributed by atoms with Crippen LogP contribution in [0.2, 0.25) is 0 Å². The molecule has 0 aliphatic carbocycles. The summed E-state index contributed by atoms with van der Waals surface area (Å²) in [6.45, 7) is 2.07. The molecule has 2 aromatic rings. The number of nitrogens with zero attached hydrogens (tertiary/aromatic N) is 3. The average Bonchev–Trinajstić information content (AvgIpc) is 3.12. The van der Waals surface area contributed by atoms with E-state index < -0.39 is 28.5 Å². The molecule has 2 saturated heterocycles. The van der Waals surface area contributed by atoms with Gasteiger partial charge in [-0.1, -0.05) is 12.1 Å². The van der Waals surface area contributed by atoms with Gasteiger partial charge in [0.1, 0.15) is 12.3 Å². The summed E-state index contributed by atoms with van der Waals surface area (Å²) in [5, 5.41) is 13.3. The molecule has 0 radical (unpaired) electrons. The minimum Gasteiger partial charge on any atom is -0.496 e. The summed E-state index contributed by atoms with van der Waals surface area (Å²) in [6.07, 6.45) is 1.35. The Bertz CT molecular complexity index is 1210. The highest BCUT2D eigenvalue weighted by molar-refractivity contribution is 8.18. The number of thioether (sulfide) groups is 1. The first-order valence-corrected chi connectivity index (χ1v) is 11.5. The van der Waals surface area contributed by atoms with E-state index in [-0.39, 0.29) is 16.2 Å². The van der Waals surface area contributed by atoms with E-state index in [0.717, 1.165) is 10.6 Å². The molecule has 2 fully saturated rings. The standard InChI is InChI=1S/C23H22N4O7S/c1-33-19-7-6-16(27(31)32)12-15(19)13-20-22(29)26(23(30)35-20)14-21(28)24-17-4-2-3-5-18(17)25-8-10-34-11-9-25/h2-7,12-13H,8-11,14H2,1H3,(H,24,28)/b20-13+. The minimum atomic E-state index is -0.662. The molecule has 11 nitrogen and oxygen atoms in total. The molecule has 0 saturated carbocycles. The molecule has 2 heterocycles. The molecule has 2 aliphatic heterocycles. The maximum Gasteiger partial charge on any atom is 0.294 e. The molecule has 3 amide bonds. The normalized spacial score (nSPS) is 17.1. The molecule has 12 heteroatoms. The third-order valence-electron chi connectivity index (χ3n) is 5.42. The number of para-hydroxylation sites is 2. The van der Waals surface area contributed by atoms with Gasteiger partial charge in [-0.05, 0) is 36.0 Å². The van der Waals surface area contributed by atoms with Crippen LogP contribution >= 0.6 is 11.8 Å². The van der Waals surface area contributed by atoms with Crippen molar-refractivity contribution in [1.82, 2.24) is 4.90 Å². The number of hydrogen-bond donors (Lipinski definition) is 1. The zero-order valence-electron chi connectivity index (χ0n) is 18.8. The van der Waals surface area contributed by atoms with Gasteiger partial charge in [0, 0.05) is 30.8 Å². The Labute approximate surface area is 204 Å². The summed E-state index contributed by atoms with van der Waals surface area (Å²) < 4.78 is 10.6. The Kier molecular flexibility index (Phi) is 7.32. The third kappa shape index (κ3) is 5.44. The summed E-state index contributed by atoms with van der Waals surface area (Å²) >= 11 is 0.655. The zero-order valence-corrected chi connectivity index (χ0v) is 19.6. The van der Waals surface area contributed by atoms with Crippen LogP contribution in [-0.2, 0) is 14.3 Å². The number of hydrogen-bond acceptors (Lipinski definition) is 9. The first kappa shape index (κ1) is 24.2. The zero-order chi connectivity index (χ0) is 24.9. The third-order valence-corrected chi connectivity index (χ3v) is 6.32. The van der Waals surface area contributed by atoms with Crippen LogP contribution < -0.4 is 15.0 Å². The van der Waals surface area contributed by atoms with Gasteiger partial charge in [0.05, 0.1) is 41.5 Å². The van der Waals surface area contributed by atoms with E-state index in [1.165, 1.54) is 31.4 Å². The number of morpholine rings is 1. The summed E-state index contributed by atoms with van der Waals surface area (Å²) in [4.78, 5) is 51.7. The second kappa shape index (κ2) is 10.6. The lowest BCUT2D eigenvalue weighted by atomic mass is 10.1. The van der Waals surface area contributed by atoms with Gasteiger partial charge in [0.25, 0.3) is 16.8 Å². The number of amides is 3. The van der Waals surface area contributed by atoms with Crippen LogP contribution in [-0.4, -0.2) is 66.8 Å². The number of nitro groups is 1.